The molecule has 24 heavy (non-hydrogen) atoms. The topological polar surface area (TPSA) is 69.6 Å². The lowest BCUT2D eigenvalue weighted by Gasteiger charge is -2.33. The van der Waals surface area contributed by atoms with Crippen LogP contribution in [0.4, 0.5) is 0 Å². The Kier molecular flexibility index (Phi) is 5.62. The molecule has 2 rings (SSSR count). The Hall–Kier alpha value is -2.33. The molecule has 0 bridgehead atoms. The molecule has 0 heterocycles. The number of amides is 1. The molecule has 128 valence electrons. The zero-order valence-corrected chi connectivity index (χ0v) is 14.4. The van der Waals surface area contributed by atoms with E-state index in [0.29, 0.717) is 12.1 Å². The van der Waals surface area contributed by atoms with Crippen molar-refractivity contribution >= 4 is 5.91 Å². The number of aromatic hydroxyl groups is 1. The molecule has 3 N–H and O–H groups in total. The number of aliphatic hydroxyl groups is 1. The molecular weight excluding hydrogens is 302 g/mol. The summed E-state index contributed by atoms with van der Waals surface area (Å²) in [6.45, 7) is 6.17. The van der Waals surface area contributed by atoms with Gasteiger partial charge in [-0.15, -0.1) is 0 Å². The van der Waals surface area contributed by atoms with E-state index < -0.39 is 0 Å². The molecule has 0 aromatic heterocycles. The lowest BCUT2D eigenvalue weighted by atomic mass is 9.75. The van der Waals surface area contributed by atoms with E-state index in [0.717, 1.165) is 11.1 Å². The molecule has 2 aromatic carbocycles. The summed E-state index contributed by atoms with van der Waals surface area (Å²) in [6.07, 6.45) is 0. The van der Waals surface area contributed by atoms with Crippen LogP contribution in [-0.2, 0) is 0 Å². The van der Waals surface area contributed by atoms with Gasteiger partial charge in [-0.05, 0) is 35.6 Å². The number of carbonyl (C=O) groups excluding carboxylic acids is 1. The van der Waals surface area contributed by atoms with E-state index in [1.54, 1.807) is 19.1 Å². The molecule has 1 amide bonds. The van der Waals surface area contributed by atoms with Crippen molar-refractivity contribution in [3.05, 3.63) is 65.2 Å². The maximum Gasteiger partial charge on any atom is 0.251 e. The van der Waals surface area contributed by atoms with E-state index in [-0.39, 0.29) is 29.6 Å². The smallest absolute Gasteiger partial charge is 0.251 e. The number of phenolic OH excluding ortho intramolecular Hbond substituents is 1. The Labute approximate surface area is 143 Å². The van der Waals surface area contributed by atoms with Gasteiger partial charge in [0.1, 0.15) is 5.75 Å². The molecular formula is C20H25NO3. The van der Waals surface area contributed by atoms with Crippen LogP contribution in [0.1, 0.15) is 41.3 Å². The van der Waals surface area contributed by atoms with Gasteiger partial charge in [0.15, 0.2) is 0 Å². The number of hydrogen-bond acceptors (Lipinski definition) is 3. The highest BCUT2D eigenvalue weighted by Gasteiger charge is 2.30. The van der Waals surface area contributed by atoms with Crippen molar-refractivity contribution in [2.75, 3.05) is 13.2 Å². The summed E-state index contributed by atoms with van der Waals surface area (Å²) in [5.74, 6) is -0.149. The van der Waals surface area contributed by atoms with Crippen LogP contribution in [0.2, 0.25) is 0 Å². The van der Waals surface area contributed by atoms with Crippen LogP contribution in [0.15, 0.2) is 48.5 Å². The second-order valence-electron chi connectivity index (χ2n) is 6.82. The molecule has 1 unspecified atom stereocenters. The highest BCUT2D eigenvalue weighted by molar-refractivity contribution is 5.94. The molecule has 0 aliphatic heterocycles. The maximum atomic E-state index is 12.4. The Bertz CT molecular complexity index is 695. The van der Waals surface area contributed by atoms with Crippen molar-refractivity contribution in [1.82, 2.24) is 5.32 Å². The first kappa shape index (κ1) is 18.0. The van der Waals surface area contributed by atoms with Gasteiger partial charge in [-0.3, -0.25) is 4.79 Å². The van der Waals surface area contributed by atoms with Crippen LogP contribution < -0.4 is 5.32 Å². The molecule has 4 heteroatoms. The van der Waals surface area contributed by atoms with Gasteiger partial charge in [-0.1, -0.05) is 50.2 Å². The van der Waals surface area contributed by atoms with Crippen LogP contribution >= 0.6 is 0 Å². The standard InChI is InChI=1S/C20H25NO3/c1-14-9-10-16(11-18(14)23)19(24)21-12-17(20(2,3)13-22)15-7-5-4-6-8-15/h4-11,17,22-23H,12-13H2,1-3H3,(H,21,24). The van der Waals surface area contributed by atoms with Crippen molar-refractivity contribution in [3.8, 4) is 5.75 Å². The van der Waals surface area contributed by atoms with Gasteiger partial charge >= 0.3 is 0 Å². The number of hydrogen-bond donors (Lipinski definition) is 3. The predicted molar refractivity (Wildman–Crippen MR) is 95.2 cm³/mol. The second kappa shape index (κ2) is 7.49. The number of aliphatic hydroxyl groups excluding tert-OH is 1. The first-order chi connectivity index (χ1) is 11.3. The molecule has 0 saturated heterocycles. The third-order valence-electron chi connectivity index (χ3n) is 4.49. The van der Waals surface area contributed by atoms with Crippen molar-refractivity contribution in [2.24, 2.45) is 5.41 Å². The highest BCUT2D eigenvalue weighted by atomic mass is 16.3. The quantitative estimate of drug-likeness (QED) is 0.763. The van der Waals surface area contributed by atoms with Crippen molar-refractivity contribution in [3.63, 3.8) is 0 Å². The monoisotopic (exact) mass is 327 g/mol. The summed E-state index contributed by atoms with van der Waals surface area (Å²) >= 11 is 0. The Morgan fingerprint density at radius 1 is 1.17 bits per heavy atom. The van der Waals surface area contributed by atoms with Crippen LogP contribution in [-0.4, -0.2) is 29.3 Å². The van der Waals surface area contributed by atoms with Gasteiger partial charge in [-0.25, -0.2) is 0 Å². The average Bonchev–Trinajstić information content (AvgIpc) is 2.58. The van der Waals surface area contributed by atoms with Crippen LogP contribution in [0.5, 0.6) is 5.75 Å². The largest absolute Gasteiger partial charge is 0.508 e. The molecule has 0 fully saturated rings. The molecule has 0 radical (unpaired) electrons. The minimum Gasteiger partial charge on any atom is -0.508 e. The minimum atomic E-state index is -0.371. The molecule has 1 atom stereocenters. The maximum absolute atomic E-state index is 12.4. The van der Waals surface area contributed by atoms with E-state index in [2.05, 4.69) is 5.32 Å². The average molecular weight is 327 g/mol. The van der Waals surface area contributed by atoms with E-state index >= 15 is 0 Å². The fourth-order valence-electron chi connectivity index (χ4n) is 2.69. The minimum absolute atomic E-state index is 0.0216. The zero-order valence-electron chi connectivity index (χ0n) is 14.4. The number of carbonyl (C=O) groups is 1. The van der Waals surface area contributed by atoms with Gasteiger partial charge in [-0.2, -0.15) is 0 Å². The first-order valence-corrected chi connectivity index (χ1v) is 8.09. The first-order valence-electron chi connectivity index (χ1n) is 8.09. The van der Waals surface area contributed by atoms with E-state index in [4.69, 9.17) is 0 Å². The molecule has 0 saturated carbocycles. The molecule has 0 spiro atoms. The third-order valence-corrected chi connectivity index (χ3v) is 4.49. The summed E-state index contributed by atoms with van der Waals surface area (Å²) in [7, 11) is 0. The van der Waals surface area contributed by atoms with Crippen LogP contribution in [0.25, 0.3) is 0 Å². The second-order valence-corrected chi connectivity index (χ2v) is 6.82. The lowest BCUT2D eigenvalue weighted by Crippen LogP contribution is -2.36. The normalized spacial score (nSPS) is 12.7. The van der Waals surface area contributed by atoms with Crippen LogP contribution in [0, 0.1) is 12.3 Å². The predicted octanol–water partition coefficient (Wildman–Crippen LogP) is 3.23. The van der Waals surface area contributed by atoms with Crippen molar-refractivity contribution in [2.45, 2.75) is 26.7 Å². The van der Waals surface area contributed by atoms with Gasteiger partial charge in [0.2, 0.25) is 0 Å². The highest BCUT2D eigenvalue weighted by Crippen LogP contribution is 2.34. The summed E-state index contributed by atoms with van der Waals surface area (Å²) in [6, 6.07) is 14.7. The SMILES string of the molecule is Cc1ccc(C(=O)NCC(c2ccccc2)C(C)(C)CO)cc1O. The van der Waals surface area contributed by atoms with Gasteiger partial charge in [0.05, 0.1) is 0 Å². The summed E-state index contributed by atoms with van der Waals surface area (Å²) in [5.41, 5.74) is 1.86. The van der Waals surface area contributed by atoms with Gasteiger partial charge < -0.3 is 15.5 Å². The fourth-order valence-corrected chi connectivity index (χ4v) is 2.69. The summed E-state index contributed by atoms with van der Waals surface area (Å²) < 4.78 is 0. The van der Waals surface area contributed by atoms with E-state index in [1.165, 1.54) is 6.07 Å². The Morgan fingerprint density at radius 3 is 2.42 bits per heavy atom. The number of nitrogens with one attached hydrogen (secondary N) is 1. The Balaban J connectivity index is 2.15. The number of rotatable bonds is 6. The van der Waals surface area contributed by atoms with E-state index in [1.807, 2.05) is 44.2 Å². The zero-order chi connectivity index (χ0) is 17.7. The molecule has 0 aliphatic rings. The number of benzene rings is 2. The molecule has 0 aliphatic carbocycles. The number of phenols is 1. The lowest BCUT2D eigenvalue weighted by molar-refractivity contribution is 0.0919. The number of aryl methyl sites for hydroxylation is 1. The fraction of sp³-hybridized carbons (Fsp3) is 0.350. The van der Waals surface area contributed by atoms with Gasteiger partial charge in [0.25, 0.3) is 5.91 Å². The van der Waals surface area contributed by atoms with Crippen LogP contribution in [0.3, 0.4) is 0 Å². The van der Waals surface area contributed by atoms with Crippen molar-refractivity contribution in [1.29, 1.82) is 0 Å². The molecule has 2 aromatic rings. The Morgan fingerprint density at radius 2 is 1.83 bits per heavy atom. The summed E-state index contributed by atoms with van der Waals surface area (Å²) in [4.78, 5) is 12.4. The van der Waals surface area contributed by atoms with Crippen molar-refractivity contribution < 1.29 is 15.0 Å². The van der Waals surface area contributed by atoms with Gasteiger partial charge in [0, 0.05) is 24.6 Å². The van der Waals surface area contributed by atoms with E-state index in [9.17, 15) is 15.0 Å². The third kappa shape index (κ3) is 4.15. The summed E-state index contributed by atoms with van der Waals surface area (Å²) in [5, 5.41) is 22.4. The molecule has 4 nitrogen and oxygen atoms in total.